The van der Waals surface area contributed by atoms with Crippen molar-refractivity contribution < 1.29 is 0 Å². The van der Waals surface area contributed by atoms with Crippen LogP contribution in [0, 0.1) is 0 Å². The first-order chi connectivity index (χ1) is 12.1. The number of benzene rings is 2. The van der Waals surface area contributed by atoms with Gasteiger partial charge in [-0.3, -0.25) is 0 Å². The van der Waals surface area contributed by atoms with Gasteiger partial charge >= 0.3 is 0 Å². The minimum atomic E-state index is -1.61. The number of rotatable bonds is 4. The maximum Gasteiger partial charge on any atom is 0.131 e. The third kappa shape index (κ3) is 3.38. The Labute approximate surface area is 153 Å². The average molecular weight is 348 g/mol. The van der Waals surface area contributed by atoms with Crippen LogP contribution in [0.1, 0.15) is 54.3 Å². The highest BCUT2D eigenvalue weighted by Gasteiger charge is 2.38. The van der Waals surface area contributed by atoms with Crippen molar-refractivity contribution in [3.05, 3.63) is 77.4 Å². The molecule has 0 aromatic heterocycles. The first kappa shape index (κ1) is 16.8. The molecule has 2 heteroatoms. The number of allylic oxidation sites excluding steroid dienone is 1. The van der Waals surface area contributed by atoms with Crippen LogP contribution in [0.4, 0.5) is 0 Å². The van der Waals surface area contributed by atoms with Crippen molar-refractivity contribution in [2.24, 2.45) is 0 Å². The topological polar surface area (TPSA) is 12.0 Å². The molecular formula is C23H29NSi. The third-order valence-electron chi connectivity index (χ3n) is 5.96. The lowest BCUT2D eigenvalue weighted by Gasteiger charge is -2.36. The molecule has 130 valence electrons. The predicted molar refractivity (Wildman–Crippen MR) is 110 cm³/mol. The fourth-order valence-electron chi connectivity index (χ4n) is 4.69. The maximum atomic E-state index is 4.14. The molecule has 1 N–H and O–H groups in total. The lowest BCUT2D eigenvalue weighted by atomic mass is 9.96. The van der Waals surface area contributed by atoms with Gasteiger partial charge in [-0.25, -0.2) is 0 Å². The molecule has 1 nitrogen and oxygen atoms in total. The molecule has 0 bridgehead atoms. The van der Waals surface area contributed by atoms with E-state index in [0.29, 0.717) is 5.54 Å². The van der Waals surface area contributed by atoms with Gasteiger partial charge in [-0.05, 0) is 35.1 Å². The van der Waals surface area contributed by atoms with Crippen LogP contribution in [0.2, 0.25) is 13.1 Å². The van der Waals surface area contributed by atoms with Crippen LogP contribution >= 0.6 is 0 Å². The maximum absolute atomic E-state index is 4.14. The molecule has 1 atom stereocenters. The zero-order valence-corrected chi connectivity index (χ0v) is 16.5. The molecule has 0 saturated heterocycles. The second-order valence-corrected chi connectivity index (χ2v) is 12.6. The van der Waals surface area contributed by atoms with Gasteiger partial charge in [0.2, 0.25) is 0 Å². The summed E-state index contributed by atoms with van der Waals surface area (Å²) >= 11 is 0. The van der Waals surface area contributed by atoms with Crippen LogP contribution in [0.15, 0.2) is 60.7 Å². The Bertz CT molecular complexity index is 757. The highest BCUT2D eigenvalue weighted by atomic mass is 28.3. The molecule has 0 amide bonds. The molecule has 2 aromatic carbocycles. The van der Waals surface area contributed by atoms with Gasteiger partial charge in [0.05, 0.1) is 0 Å². The predicted octanol–water partition coefficient (Wildman–Crippen LogP) is 5.88. The molecule has 1 saturated carbocycles. The summed E-state index contributed by atoms with van der Waals surface area (Å²) in [5.74, 6) is 0. The van der Waals surface area contributed by atoms with E-state index in [1.165, 1.54) is 54.4 Å². The Hall–Kier alpha value is -1.64. The lowest BCUT2D eigenvalue weighted by Crippen LogP contribution is -2.54. The van der Waals surface area contributed by atoms with Crippen molar-refractivity contribution in [2.45, 2.75) is 56.8 Å². The van der Waals surface area contributed by atoms with E-state index < -0.39 is 8.24 Å². The van der Waals surface area contributed by atoms with Crippen molar-refractivity contribution >= 4 is 13.8 Å². The van der Waals surface area contributed by atoms with Crippen molar-refractivity contribution in [1.29, 1.82) is 0 Å². The van der Waals surface area contributed by atoms with E-state index in [-0.39, 0.29) is 0 Å². The fraction of sp³-hybridized carbons (Fsp3) is 0.391. The minimum absolute atomic E-state index is 0.556. The average Bonchev–Trinajstić information content (AvgIpc) is 3.04. The Balaban J connectivity index is 1.67. The number of hydrogen-bond acceptors (Lipinski definition) is 1. The lowest BCUT2D eigenvalue weighted by molar-refractivity contribution is 0.413. The molecule has 4 rings (SSSR count). The SMILES string of the molecule is C[Si](C)(NC1CCCCC1)C1C=C(c2ccccc2)c2ccccc21. The van der Waals surface area contributed by atoms with Gasteiger partial charge in [-0.1, -0.05) is 93.0 Å². The fourth-order valence-corrected chi connectivity index (χ4v) is 7.82. The van der Waals surface area contributed by atoms with Crippen LogP contribution in [0.3, 0.4) is 0 Å². The molecule has 2 aromatic rings. The summed E-state index contributed by atoms with van der Waals surface area (Å²) in [5.41, 5.74) is 6.29. The van der Waals surface area contributed by atoms with E-state index in [0.717, 1.165) is 6.04 Å². The van der Waals surface area contributed by atoms with E-state index in [1.54, 1.807) is 0 Å². The Morgan fingerprint density at radius 1 is 0.840 bits per heavy atom. The standard InChI is InChI=1S/C23H29NSi/c1-25(2,24-19-13-7-4-8-14-19)23-17-22(18-11-5-3-6-12-18)20-15-9-10-16-21(20)23/h3,5-6,9-12,15-17,19,23-24H,4,7-8,13-14H2,1-2H3. The van der Waals surface area contributed by atoms with Crippen LogP contribution < -0.4 is 4.98 Å². The minimum Gasteiger partial charge on any atom is -0.334 e. The Morgan fingerprint density at radius 2 is 1.52 bits per heavy atom. The van der Waals surface area contributed by atoms with Crippen LogP contribution in [-0.4, -0.2) is 14.3 Å². The van der Waals surface area contributed by atoms with Gasteiger partial charge in [-0.15, -0.1) is 0 Å². The van der Waals surface area contributed by atoms with Gasteiger partial charge in [-0.2, -0.15) is 0 Å². The molecule has 0 aliphatic heterocycles. The van der Waals surface area contributed by atoms with Gasteiger partial charge in [0.25, 0.3) is 0 Å². The van der Waals surface area contributed by atoms with Gasteiger partial charge < -0.3 is 4.98 Å². The van der Waals surface area contributed by atoms with Crippen molar-refractivity contribution in [2.75, 3.05) is 0 Å². The second kappa shape index (κ2) is 6.93. The molecule has 0 radical (unpaired) electrons. The smallest absolute Gasteiger partial charge is 0.131 e. The number of fused-ring (bicyclic) bond motifs is 1. The summed E-state index contributed by atoms with van der Waals surface area (Å²) in [5, 5.41) is 0. The molecule has 1 unspecified atom stereocenters. The molecule has 1 fully saturated rings. The van der Waals surface area contributed by atoms with E-state index >= 15 is 0 Å². The highest BCUT2D eigenvalue weighted by Crippen LogP contribution is 2.43. The zero-order chi connectivity index (χ0) is 17.3. The van der Waals surface area contributed by atoms with Gasteiger partial charge in [0, 0.05) is 11.6 Å². The summed E-state index contributed by atoms with van der Waals surface area (Å²) in [4.78, 5) is 4.14. The summed E-state index contributed by atoms with van der Waals surface area (Å²) in [6.07, 6.45) is 9.50. The van der Waals surface area contributed by atoms with E-state index in [1.807, 2.05) is 0 Å². The number of nitrogens with one attached hydrogen (secondary N) is 1. The van der Waals surface area contributed by atoms with Crippen LogP contribution in [0.25, 0.3) is 5.57 Å². The molecule has 25 heavy (non-hydrogen) atoms. The molecule has 2 aliphatic rings. The van der Waals surface area contributed by atoms with Crippen LogP contribution in [0.5, 0.6) is 0 Å². The van der Waals surface area contributed by atoms with Crippen molar-refractivity contribution in [3.63, 3.8) is 0 Å². The first-order valence-corrected chi connectivity index (χ1v) is 12.9. The van der Waals surface area contributed by atoms with Gasteiger partial charge in [0.15, 0.2) is 0 Å². The Morgan fingerprint density at radius 3 is 2.28 bits per heavy atom. The first-order valence-electron chi connectivity index (χ1n) is 9.79. The van der Waals surface area contributed by atoms with Crippen molar-refractivity contribution in [1.82, 2.24) is 4.98 Å². The summed E-state index contributed by atoms with van der Waals surface area (Å²) < 4.78 is 0. The number of hydrogen-bond donors (Lipinski definition) is 1. The second-order valence-electron chi connectivity index (χ2n) is 8.21. The van der Waals surface area contributed by atoms with Crippen LogP contribution in [-0.2, 0) is 0 Å². The van der Waals surface area contributed by atoms with Gasteiger partial charge in [0.1, 0.15) is 8.24 Å². The monoisotopic (exact) mass is 347 g/mol. The Kier molecular flexibility index (Phi) is 4.66. The highest BCUT2D eigenvalue weighted by molar-refractivity contribution is 6.77. The molecule has 0 spiro atoms. The third-order valence-corrected chi connectivity index (χ3v) is 9.15. The quantitative estimate of drug-likeness (QED) is 0.681. The summed E-state index contributed by atoms with van der Waals surface area (Å²) in [7, 11) is -1.61. The van der Waals surface area contributed by atoms with E-state index in [9.17, 15) is 0 Å². The molecular weight excluding hydrogens is 318 g/mol. The van der Waals surface area contributed by atoms with Crippen molar-refractivity contribution in [3.8, 4) is 0 Å². The summed E-state index contributed by atoms with van der Waals surface area (Å²) in [6, 6.07) is 20.7. The zero-order valence-electron chi connectivity index (χ0n) is 15.5. The van der Waals surface area contributed by atoms with E-state index in [4.69, 9.17) is 0 Å². The normalized spacial score (nSPS) is 21.0. The van der Waals surface area contributed by atoms with E-state index in [2.05, 4.69) is 78.7 Å². The molecule has 2 aliphatic carbocycles. The summed E-state index contributed by atoms with van der Waals surface area (Å²) in [6.45, 7) is 5.04. The molecule has 0 heterocycles. The largest absolute Gasteiger partial charge is 0.334 e.